The summed E-state index contributed by atoms with van der Waals surface area (Å²) in [5.74, 6) is -1.43. The molecule has 9 nitrogen and oxygen atoms in total. The molecule has 0 spiro atoms. The van der Waals surface area contributed by atoms with E-state index in [2.05, 4.69) is 21.2 Å². The number of aryl methyl sites for hydroxylation is 1. The summed E-state index contributed by atoms with van der Waals surface area (Å²) in [5, 5.41) is 9.80. The third kappa shape index (κ3) is 8.22. The van der Waals surface area contributed by atoms with E-state index in [0.29, 0.717) is 51.5 Å². The van der Waals surface area contributed by atoms with E-state index in [1.807, 2.05) is 19.1 Å². The number of amides is 3. The fraction of sp³-hybridized carbons (Fsp3) is 0.185. The van der Waals surface area contributed by atoms with Gasteiger partial charge in [0.2, 0.25) is 0 Å². The van der Waals surface area contributed by atoms with Gasteiger partial charge in [0.25, 0.3) is 5.91 Å². The van der Waals surface area contributed by atoms with Gasteiger partial charge in [0.15, 0.2) is 18.1 Å². The van der Waals surface area contributed by atoms with Crippen LogP contribution < -0.4 is 25.5 Å². The number of anilines is 2. The molecule has 198 valence electrons. The van der Waals surface area contributed by atoms with E-state index in [0.717, 1.165) is 5.56 Å². The summed E-state index contributed by atoms with van der Waals surface area (Å²) < 4.78 is 11.2. The van der Waals surface area contributed by atoms with Gasteiger partial charge in [0.05, 0.1) is 22.9 Å². The fourth-order valence-electron chi connectivity index (χ4n) is 3.25. The number of hydrogen-bond donors (Lipinski definition) is 3. The third-order valence-electron chi connectivity index (χ3n) is 5.06. The second-order valence-corrected chi connectivity index (χ2v) is 8.58. The second-order valence-electron chi connectivity index (χ2n) is 7.77. The molecule has 3 aromatic rings. The summed E-state index contributed by atoms with van der Waals surface area (Å²) in [7, 11) is 0. The molecule has 0 aliphatic carbocycles. The zero-order chi connectivity index (χ0) is 27.5. The molecule has 0 aliphatic heterocycles. The number of para-hydroxylation sites is 1. The Labute approximate surface area is 230 Å². The van der Waals surface area contributed by atoms with E-state index in [1.165, 1.54) is 12.3 Å². The van der Waals surface area contributed by atoms with Crippen molar-refractivity contribution in [1.82, 2.24) is 5.43 Å². The number of nitrogens with one attached hydrogen (secondary N) is 3. The smallest absolute Gasteiger partial charge is 0.329 e. The first kappa shape index (κ1) is 28.5. The first-order valence-corrected chi connectivity index (χ1v) is 12.4. The van der Waals surface area contributed by atoms with Crippen LogP contribution in [0.25, 0.3) is 0 Å². The highest BCUT2D eigenvalue weighted by atomic mass is 35.5. The van der Waals surface area contributed by atoms with Crippen molar-refractivity contribution >= 4 is 58.5 Å². The van der Waals surface area contributed by atoms with Gasteiger partial charge in [-0.15, -0.1) is 0 Å². The molecule has 0 saturated carbocycles. The number of ether oxygens (including phenoxy) is 2. The number of carbonyl (C=O) groups is 3. The molecule has 0 radical (unpaired) electrons. The molecular formula is C27H26Cl2N4O5. The third-order valence-corrected chi connectivity index (χ3v) is 5.80. The highest BCUT2D eigenvalue weighted by Crippen LogP contribution is 2.28. The summed E-state index contributed by atoms with van der Waals surface area (Å²) in [4.78, 5) is 36.6. The van der Waals surface area contributed by atoms with E-state index >= 15 is 0 Å². The Morgan fingerprint density at radius 1 is 0.868 bits per heavy atom. The minimum Gasteiger partial charge on any atom is -0.490 e. The number of nitrogens with zero attached hydrogens (tertiary/aromatic N) is 1. The van der Waals surface area contributed by atoms with Crippen LogP contribution in [0.15, 0.2) is 65.8 Å². The summed E-state index contributed by atoms with van der Waals surface area (Å²) in [5.41, 5.74) is 4.73. The van der Waals surface area contributed by atoms with Crippen molar-refractivity contribution < 1.29 is 23.9 Å². The number of rotatable bonds is 10. The van der Waals surface area contributed by atoms with Crippen molar-refractivity contribution in [3.63, 3.8) is 0 Å². The molecule has 3 aromatic carbocycles. The van der Waals surface area contributed by atoms with Crippen LogP contribution in [0.4, 0.5) is 11.4 Å². The van der Waals surface area contributed by atoms with Crippen LogP contribution in [0.1, 0.15) is 25.0 Å². The molecule has 38 heavy (non-hydrogen) atoms. The molecule has 0 heterocycles. The summed E-state index contributed by atoms with van der Waals surface area (Å²) >= 11 is 11.9. The van der Waals surface area contributed by atoms with E-state index in [1.54, 1.807) is 49.4 Å². The van der Waals surface area contributed by atoms with Crippen LogP contribution in [0.5, 0.6) is 11.5 Å². The second kappa shape index (κ2) is 14.0. The summed E-state index contributed by atoms with van der Waals surface area (Å²) in [6.07, 6.45) is 2.06. The van der Waals surface area contributed by atoms with Crippen molar-refractivity contribution in [2.45, 2.75) is 20.3 Å². The van der Waals surface area contributed by atoms with Crippen LogP contribution in [0.2, 0.25) is 10.0 Å². The lowest BCUT2D eigenvalue weighted by Gasteiger charge is -2.13. The van der Waals surface area contributed by atoms with E-state index < -0.39 is 17.7 Å². The average molecular weight is 557 g/mol. The van der Waals surface area contributed by atoms with Crippen molar-refractivity contribution in [1.29, 1.82) is 0 Å². The molecule has 3 N–H and O–H groups in total. The summed E-state index contributed by atoms with van der Waals surface area (Å²) in [6, 6.07) is 16.9. The van der Waals surface area contributed by atoms with Crippen LogP contribution >= 0.6 is 23.2 Å². The highest BCUT2D eigenvalue weighted by molar-refractivity contribution is 6.42. The molecule has 3 rings (SSSR count). The molecular weight excluding hydrogens is 531 g/mol. The topological polar surface area (TPSA) is 118 Å². The number of halogens is 2. The normalized spacial score (nSPS) is 10.6. The Hall–Kier alpha value is -4.08. The number of benzene rings is 3. The monoisotopic (exact) mass is 556 g/mol. The molecule has 3 amide bonds. The van der Waals surface area contributed by atoms with Gasteiger partial charge >= 0.3 is 11.8 Å². The van der Waals surface area contributed by atoms with Crippen molar-refractivity contribution in [3.8, 4) is 11.5 Å². The first-order chi connectivity index (χ1) is 18.3. The molecule has 0 atom stereocenters. The van der Waals surface area contributed by atoms with Crippen LogP contribution in [-0.2, 0) is 20.8 Å². The van der Waals surface area contributed by atoms with Gasteiger partial charge in [0.1, 0.15) is 0 Å². The molecule has 0 saturated heterocycles. The van der Waals surface area contributed by atoms with Crippen LogP contribution in [0, 0.1) is 0 Å². The van der Waals surface area contributed by atoms with E-state index in [9.17, 15) is 14.4 Å². The zero-order valence-corrected chi connectivity index (χ0v) is 22.2. The summed E-state index contributed by atoms with van der Waals surface area (Å²) in [6.45, 7) is 3.83. The van der Waals surface area contributed by atoms with Crippen molar-refractivity contribution in [2.24, 2.45) is 5.10 Å². The Balaban J connectivity index is 1.57. The number of carbonyl (C=O) groups excluding carboxylic acids is 3. The first-order valence-electron chi connectivity index (χ1n) is 11.7. The quantitative estimate of drug-likeness (QED) is 0.183. The highest BCUT2D eigenvalue weighted by Gasteiger charge is 2.14. The Morgan fingerprint density at radius 3 is 2.39 bits per heavy atom. The molecule has 0 bridgehead atoms. The van der Waals surface area contributed by atoms with Gasteiger partial charge in [-0.25, -0.2) is 5.43 Å². The Bertz CT molecular complexity index is 1350. The standard InChI is InChI=1S/C27H26Cl2N4O5/c1-3-18-7-5-6-8-22(18)32-26(35)27(36)33-30-15-17-9-12-23(24(13-17)37-4-2)38-16-25(34)31-19-10-11-20(28)21(29)14-19/h5-15H,3-4,16H2,1-2H3,(H,31,34)(H,32,35)(H,33,36)/b30-15-. The maximum Gasteiger partial charge on any atom is 0.329 e. The molecule has 11 heteroatoms. The Morgan fingerprint density at radius 2 is 1.66 bits per heavy atom. The van der Waals surface area contributed by atoms with Crippen molar-refractivity contribution in [3.05, 3.63) is 81.8 Å². The molecule has 0 aromatic heterocycles. The van der Waals surface area contributed by atoms with Crippen molar-refractivity contribution in [2.75, 3.05) is 23.8 Å². The lowest BCUT2D eigenvalue weighted by atomic mass is 10.1. The van der Waals surface area contributed by atoms with Gasteiger partial charge in [-0.1, -0.05) is 48.3 Å². The number of hydrogen-bond acceptors (Lipinski definition) is 6. The molecule has 0 unspecified atom stereocenters. The maximum absolute atomic E-state index is 12.3. The lowest BCUT2D eigenvalue weighted by molar-refractivity contribution is -0.136. The fourth-order valence-corrected chi connectivity index (χ4v) is 3.55. The predicted molar refractivity (Wildman–Crippen MR) is 148 cm³/mol. The van der Waals surface area contributed by atoms with Gasteiger partial charge in [-0.2, -0.15) is 5.10 Å². The SMILES string of the molecule is CCOc1cc(/C=N\NC(=O)C(=O)Nc2ccccc2CC)ccc1OCC(=O)Nc1ccc(Cl)c(Cl)c1. The lowest BCUT2D eigenvalue weighted by Crippen LogP contribution is -2.32. The van der Waals surface area contributed by atoms with Gasteiger partial charge in [-0.3, -0.25) is 14.4 Å². The minimum atomic E-state index is -0.912. The van der Waals surface area contributed by atoms with Gasteiger partial charge < -0.3 is 20.1 Å². The average Bonchev–Trinajstić information content (AvgIpc) is 2.90. The minimum absolute atomic E-state index is 0.278. The Kier molecular flexibility index (Phi) is 10.5. The maximum atomic E-state index is 12.3. The zero-order valence-electron chi connectivity index (χ0n) is 20.7. The van der Waals surface area contributed by atoms with Gasteiger partial charge in [0, 0.05) is 11.4 Å². The van der Waals surface area contributed by atoms with Crippen LogP contribution in [-0.4, -0.2) is 37.1 Å². The van der Waals surface area contributed by atoms with E-state index in [4.69, 9.17) is 32.7 Å². The largest absolute Gasteiger partial charge is 0.490 e. The van der Waals surface area contributed by atoms with Crippen LogP contribution in [0.3, 0.4) is 0 Å². The molecule has 0 aliphatic rings. The predicted octanol–water partition coefficient (Wildman–Crippen LogP) is 5.06. The van der Waals surface area contributed by atoms with E-state index in [-0.39, 0.29) is 6.61 Å². The van der Waals surface area contributed by atoms with Gasteiger partial charge in [-0.05, 0) is 66.9 Å². The number of hydrazone groups is 1. The molecule has 0 fully saturated rings.